The molecule has 0 aromatic heterocycles. The smallest absolute Gasteiger partial charge is 0.309 e. The number of carbonyl (C=O) groups excluding carboxylic acids is 1. The molecule has 0 aliphatic carbocycles. The fourth-order valence-corrected chi connectivity index (χ4v) is 1.04. The lowest BCUT2D eigenvalue weighted by atomic mass is 10.1. The van der Waals surface area contributed by atoms with Gasteiger partial charge in [0.05, 0.1) is 13.5 Å². The minimum Gasteiger partial charge on any atom is -0.469 e. The number of rotatable bonds is 2. The summed E-state index contributed by atoms with van der Waals surface area (Å²) in [6.45, 7) is 8.48. The number of benzene rings is 1. The molecule has 0 amide bonds. The Balaban J connectivity index is 0.000000487. The Morgan fingerprint density at radius 1 is 1.25 bits per heavy atom. The quantitative estimate of drug-likeness (QED) is 0.717. The van der Waals surface area contributed by atoms with E-state index in [9.17, 15) is 4.79 Å². The molecule has 2 heteroatoms. The van der Waals surface area contributed by atoms with Crippen LogP contribution in [-0.4, -0.2) is 13.1 Å². The Labute approximate surface area is 98.6 Å². The fraction of sp³-hybridized carbons (Fsp3) is 0.500. The standard InChI is InChI=1S/C10H12O2.C4H10/c1-8-5-3-4-6-9(8)7-10(11)12-2;1-4(2)3/h3-6H,7H2,1-2H3;4H,1-3H3. The molecule has 1 rings (SSSR count). The molecule has 0 saturated carbocycles. The van der Waals surface area contributed by atoms with Crippen LogP contribution < -0.4 is 0 Å². The molecule has 0 aliphatic rings. The van der Waals surface area contributed by atoms with Gasteiger partial charge in [0.25, 0.3) is 0 Å². The van der Waals surface area contributed by atoms with Crippen molar-refractivity contribution in [3.8, 4) is 0 Å². The molecule has 0 atom stereocenters. The molecule has 0 bridgehead atoms. The van der Waals surface area contributed by atoms with Crippen LogP contribution in [0.25, 0.3) is 0 Å². The first-order valence-corrected chi connectivity index (χ1v) is 5.58. The molecule has 0 spiro atoms. The minimum absolute atomic E-state index is 0.190. The topological polar surface area (TPSA) is 26.3 Å². The highest BCUT2D eigenvalue weighted by molar-refractivity contribution is 5.72. The third-order valence-corrected chi connectivity index (χ3v) is 1.82. The maximum Gasteiger partial charge on any atom is 0.309 e. The van der Waals surface area contributed by atoms with Crippen molar-refractivity contribution in [1.29, 1.82) is 0 Å². The summed E-state index contributed by atoms with van der Waals surface area (Å²) in [5.41, 5.74) is 2.16. The molecule has 2 nitrogen and oxygen atoms in total. The summed E-state index contributed by atoms with van der Waals surface area (Å²) in [5.74, 6) is 0.643. The van der Waals surface area contributed by atoms with Crippen LogP contribution in [0.4, 0.5) is 0 Å². The second kappa shape index (κ2) is 7.91. The minimum atomic E-state index is -0.190. The van der Waals surface area contributed by atoms with E-state index in [2.05, 4.69) is 25.5 Å². The number of methoxy groups -OCH3 is 1. The van der Waals surface area contributed by atoms with Crippen LogP contribution in [0.3, 0.4) is 0 Å². The zero-order chi connectivity index (χ0) is 12.6. The SMILES string of the molecule is CC(C)C.COC(=O)Cc1ccccc1C. The summed E-state index contributed by atoms with van der Waals surface area (Å²) >= 11 is 0. The normalized spacial score (nSPS) is 9.38. The first-order chi connectivity index (χ1) is 7.47. The second-order valence-corrected chi connectivity index (χ2v) is 4.41. The van der Waals surface area contributed by atoms with Gasteiger partial charge in [-0.05, 0) is 24.0 Å². The van der Waals surface area contributed by atoms with Crippen molar-refractivity contribution in [3.05, 3.63) is 35.4 Å². The zero-order valence-corrected chi connectivity index (χ0v) is 10.9. The predicted octanol–water partition coefficient (Wildman–Crippen LogP) is 3.37. The monoisotopic (exact) mass is 222 g/mol. The molecule has 16 heavy (non-hydrogen) atoms. The Hall–Kier alpha value is -1.31. The predicted molar refractivity (Wildman–Crippen MR) is 67.4 cm³/mol. The Bertz CT molecular complexity index is 314. The highest BCUT2D eigenvalue weighted by Crippen LogP contribution is 2.07. The van der Waals surface area contributed by atoms with Gasteiger partial charge in [0, 0.05) is 0 Å². The summed E-state index contributed by atoms with van der Waals surface area (Å²) < 4.78 is 4.57. The van der Waals surface area contributed by atoms with E-state index in [1.165, 1.54) is 7.11 Å². The van der Waals surface area contributed by atoms with Gasteiger partial charge in [-0.3, -0.25) is 4.79 Å². The van der Waals surface area contributed by atoms with Gasteiger partial charge in [-0.15, -0.1) is 0 Å². The maximum atomic E-state index is 10.9. The number of esters is 1. The molecular weight excluding hydrogens is 200 g/mol. The molecular formula is C14H22O2. The molecule has 1 aromatic rings. The maximum absolute atomic E-state index is 10.9. The average Bonchev–Trinajstić information content (AvgIpc) is 2.20. The van der Waals surface area contributed by atoms with Gasteiger partial charge in [0.1, 0.15) is 0 Å². The third kappa shape index (κ3) is 7.04. The number of aryl methyl sites for hydroxylation is 1. The molecule has 0 N–H and O–H groups in total. The summed E-state index contributed by atoms with van der Waals surface area (Å²) in [6, 6.07) is 7.80. The van der Waals surface area contributed by atoms with Gasteiger partial charge in [-0.25, -0.2) is 0 Å². The zero-order valence-electron chi connectivity index (χ0n) is 10.9. The molecule has 0 radical (unpaired) electrons. The first-order valence-electron chi connectivity index (χ1n) is 5.58. The molecule has 90 valence electrons. The van der Waals surface area contributed by atoms with E-state index in [1.807, 2.05) is 31.2 Å². The lowest BCUT2D eigenvalue weighted by Gasteiger charge is -2.02. The lowest BCUT2D eigenvalue weighted by molar-refractivity contribution is -0.139. The highest BCUT2D eigenvalue weighted by atomic mass is 16.5. The van der Waals surface area contributed by atoms with Crippen molar-refractivity contribution in [2.45, 2.75) is 34.1 Å². The molecule has 0 heterocycles. The average molecular weight is 222 g/mol. The summed E-state index contributed by atoms with van der Waals surface area (Å²) in [4.78, 5) is 10.9. The fourth-order valence-electron chi connectivity index (χ4n) is 1.04. The van der Waals surface area contributed by atoms with E-state index >= 15 is 0 Å². The second-order valence-electron chi connectivity index (χ2n) is 4.41. The van der Waals surface area contributed by atoms with Crippen LogP contribution in [0.5, 0.6) is 0 Å². The van der Waals surface area contributed by atoms with Crippen molar-refractivity contribution < 1.29 is 9.53 Å². The number of ether oxygens (including phenoxy) is 1. The van der Waals surface area contributed by atoms with Crippen molar-refractivity contribution in [1.82, 2.24) is 0 Å². The van der Waals surface area contributed by atoms with Gasteiger partial charge in [0.2, 0.25) is 0 Å². The lowest BCUT2D eigenvalue weighted by Crippen LogP contribution is -2.05. The summed E-state index contributed by atoms with van der Waals surface area (Å²) in [5, 5.41) is 0. The Morgan fingerprint density at radius 2 is 1.75 bits per heavy atom. The van der Waals surface area contributed by atoms with Crippen molar-refractivity contribution in [2.24, 2.45) is 5.92 Å². The van der Waals surface area contributed by atoms with Crippen LogP contribution in [-0.2, 0) is 16.0 Å². The summed E-state index contributed by atoms with van der Waals surface area (Å²) in [7, 11) is 1.40. The van der Waals surface area contributed by atoms with Gasteiger partial charge < -0.3 is 4.74 Å². The third-order valence-electron chi connectivity index (χ3n) is 1.82. The van der Waals surface area contributed by atoms with Crippen LogP contribution in [0, 0.1) is 12.8 Å². The van der Waals surface area contributed by atoms with E-state index in [1.54, 1.807) is 0 Å². The van der Waals surface area contributed by atoms with E-state index in [0.29, 0.717) is 6.42 Å². The van der Waals surface area contributed by atoms with Crippen molar-refractivity contribution in [2.75, 3.05) is 7.11 Å². The van der Waals surface area contributed by atoms with E-state index in [0.717, 1.165) is 17.0 Å². The van der Waals surface area contributed by atoms with Gasteiger partial charge in [-0.2, -0.15) is 0 Å². The van der Waals surface area contributed by atoms with Crippen LogP contribution in [0.1, 0.15) is 31.9 Å². The largest absolute Gasteiger partial charge is 0.469 e. The van der Waals surface area contributed by atoms with E-state index in [4.69, 9.17) is 0 Å². The van der Waals surface area contributed by atoms with Crippen molar-refractivity contribution >= 4 is 5.97 Å². The number of carbonyl (C=O) groups is 1. The van der Waals surface area contributed by atoms with Gasteiger partial charge >= 0.3 is 5.97 Å². The number of hydrogen-bond donors (Lipinski definition) is 0. The van der Waals surface area contributed by atoms with Crippen LogP contribution in [0.15, 0.2) is 24.3 Å². The molecule has 0 saturated heterocycles. The van der Waals surface area contributed by atoms with Gasteiger partial charge in [-0.1, -0.05) is 45.0 Å². The van der Waals surface area contributed by atoms with Crippen molar-refractivity contribution in [3.63, 3.8) is 0 Å². The van der Waals surface area contributed by atoms with E-state index < -0.39 is 0 Å². The summed E-state index contributed by atoms with van der Waals surface area (Å²) in [6.07, 6.45) is 0.364. The Morgan fingerprint density at radius 3 is 2.19 bits per heavy atom. The van der Waals surface area contributed by atoms with Crippen LogP contribution >= 0.6 is 0 Å². The molecule has 0 unspecified atom stereocenters. The molecule has 0 fully saturated rings. The van der Waals surface area contributed by atoms with Gasteiger partial charge in [0.15, 0.2) is 0 Å². The first kappa shape index (κ1) is 14.7. The van der Waals surface area contributed by atoms with Crippen LogP contribution in [0.2, 0.25) is 0 Å². The molecule has 1 aromatic carbocycles. The van der Waals surface area contributed by atoms with E-state index in [-0.39, 0.29) is 5.97 Å². The Kier molecular flexibility index (Phi) is 7.27. The highest BCUT2D eigenvalue weighted by Gasteiger charge is 2.03. The molecule has 0 aliphatic heterocycles. The number of hydrogen-bond acceptors (Lipinski definition) is 2.